The number of nitrogens with zero attached hydrogens (tertiary/aromatic N) is 2. The second kappa shape index (κ2) is 7.72. The Balaban J connectivity index is 1.99. The van der Waals surface area contributed by atoms with Gasteiger partial charge in [-0.05, 0) is 44.8 Å². The Bertz CT molecular complexity index is 615. The van der Waals surface area contributed by atoms with Crippen molar-refractivity contribution in [2.75, 3.05) is 20.6 Å². The summed E-state index contributed by atoms with van der Waals surface area (Å²) in [6.07, 6.45) is 3.58. The third-order valence-electron chi connectivity index (χ3n) is 3.58. The lowest BCUT2D eigenvalue weighted by molar-refractivity contribution is -0.122. The van der Waals surface area contributed by atoms with Crippen molar-refractivity contribution in [1.82, 2.24) is 15.2 Å². The molecule has 1 amide bonds. The largest absolute Gasteiger partial charge is 0.354 e. The molecule has 0 aliphatic rings. The number of rotatable bonds is 6. The molecule has 0 saturated heterocycles. The molecule has 0 saturated carbocycles. The average molecular weight is 338 g/mol. The summed E-state index contributed by atoms with van der Waals surface area (Å²) >= 11 is 7.38. The minimum absolute atomic E-state index is 0.00857. The van der Waals surface area contributed by atoms with Crippen LogP contribution >= 0.6 is 22.9 Å². The quantitative estimate of drug-likeness (QED) is 0.879. The van der Waals surface area contributed by atoms with Crippen molar-refractivity contribution in [3.8, 4) is 0 Å². The molecule has 4 nitrogen and oxygen atoms in total. The maximum Gasteiger partial charge on any atom is 0.228 e. The smallest absolute Gasteiger partial charge is 0.228 e. The minimum Gasteiger partial charge on any atom is -0.354 e. The Labute approximate surface area is 140 Å². The first-order valence-corrected chi connectivity index (χ1v) is 8.27. The van der Waals surface area contributed by atoms with E-state index in [9.17, 15) is 4.79 Å². The number of halogens is 1. The number of aromatic nitrogens is 1. The molecule has 0 spiro atoms. The normalized spacial score (nSPS) is 13.9. The Morgan fingerprint density at radius 3 is 2.73 bits per heavy atom. The van der Waals surface area contributed by atoms with Gasteiger partial charge in [-0.2, -0.15) is 0 Å². The van der Waals surface area contributed by atoms with Gasteiger partial charge in [0.05, 0.1) is 16.3 Å². The number of carbonyl (C=O) groups excluding carboxylic acids is 1. The van der Waals surface area contributed by atoms with E-state index in [1.165, 1.54) is 11.3 Å². The van der Waals surface area contributed by atoms with Gasteiger partial charge >= 0.3 is 0 Å². The molecule has 2 atom stereocenters. The van der Waals surface area contributed by atoms with E-state index in [-0.39, 0.29) is 17.9 Å². The van der Waals surface area contributed by atoms with Crippen molar-refractivity contribution in [2.24, 2.45) is 0 Å². The summed E-state index contributed by atoms with van der Waals surface area (Å²) in [6, 6.07) is 7.75. The highest BCUT2D eigenvalue weighted by atomic mass is 35.5. The molecular formula is C16H20ClN3OS. The lowest BCUT2D eigenvalue weighted by atomic mass is 10.1. The molecule has 118 valence electrons. The fraction of sp³-hybridized carbons (Fsp3) is 0.375. The molecule has 6 heteroatoms. The number of likely N-dealkylation sites (N-methyl/N-ethyl adjacent to an activating group) is 1. The van der Waals surface area contributed by atoms with Crippen LogP contribution in [0.25, 0.3) is 0 Å². The lowest BCUT2D eigenvalue weighted by Gasteiger charge is -2.25. The Hall–Kier alpha value is -1.43. The third-order valence-corrected chi connectivity index (χ3v) is 4.99. The molecule has 2 rings (SSSR count). The van der Waals surface area contributed by atoms with Gasteiger partial charge in [-0.25, -0.2) is 0 Å². The zero-order valence-corrected chi connectivity index (χ0v) is 14.5. The lowest BCUT2D eigenvalue weighted by Crippen LogP contribution is -2.36. The number of hydrogen-bond donors (Lipinski definition) is 1. The van der Waals surface area contributed by atoms with Crippen LogP contribution in [0.3, 0.4) is 0 Å². The first kappa shape index (κ1) is 16.9. The zero-order valence-electron chi connectivity index (χ0n) is 12.9. The monoisotopic (exact) mass is 337 g/mol. The highest BCUT2D eigenvalue weighted by molar-refractivity contribution is 7.16. The van der Waals surface area contributed by atoms with Crippen molar-refractivity contribution in [1.29, 1.82) is 0 Å². The van der Waals surface area contributed by atoms with Gasteiger partial charge in [-0.1, -0.05) is 17.7 Å². The highest BCUT2D eigenvalue weighted by Gasteiger charge is 2.20. The minimum atomic E-state index is -0.200. The Kier molecular flexibility index (Phi) is 5.94. The molecular weight excluding hydrogens is 318 g/mol. The average Bonchev–Trinajstić information content (AvgIpc) is 2.93. The predicted octanol–water partition coefficient (Wildman–Crippen LogP) is 3.32. The van der Waals surface area contributed by atoms with Crippen LogP contribution in [0.15, 0.2) is 36.7 Å². The van der Waals surface area contributed by atoms with E-state index < -0.39 is 0 Å². The Morgan fingerprint density at radius 1 is 1.41 bits per heavy atom. The fourth-order valence-corrected chi connectivity index (χ4v) is 3.32. The molecule has 0 bridgehead atoms. The van der Waals surface area contributed by atoms with Crippen LogP contribution in [0.4, 0.5) is 0 Å². The second-order valence-electron chi connectivity index (χ2n) is 5.37. The molecule has 1 N–H and O–H groups in total. The van der Waals surface area contributed by atoms with Crippen molar-refractivity contribution in [2.45, 2.75) is 18.9 Å². The number of carbonyl (C=O) groups is 1. The maximum atomic E-state index is 12.3. The van der Waals surface area contributed by atoms with Crippen LogP contribution in [0.5, 0.6) is 0 Å². The van der Waals surface area contributed by atoms with Gasteiger partial charge < -0.3 is 10.2 Å². The van der Waals surface area contributed by atoms with Gasteiger partial charge in [-0.15, -0.1) is 11.3 Å². The summed E-state index contributed by atoms with van der Waals surface area (Å²) < 4.78 is 0.705. The molecule has 0 aliphatic carbocycles. The standard InChI is InChI=1S/C16H20ClN3OS/c1-11(14-6-7-15(17)22-14)16(21)19-10-13(20(2)3)12-5-4-8-18-9-12/h4-9,11,13H,10H2,1-3H3,(H,19,21)/t11-,13-/m1/s1. The van der Waals surface area contributed by atoms with Crippen LogP contribution < -0.4 is 5.32 Å². The van der Waals surface area contributed by atoms with E-state index >= 15 is 0 Å². The van der Waals surface area contributed by atoms with Gasteiger partial charge in [0.25, 0.3) is 0 Å². The number of hydrogen-bond acceptors (Lipinski definition) is 4. The fourth-order valence-electron chi connectivity index (χ4n) is 2.21. The molecule has 0 aliphatic heterocycles. The van der Waals surface area contributed by atoms with Gasteiger partial charge in [0.2, 0.25) is 5.91 Å². The summed E-state index contributed by atoms with van der Waals surface area (Å²) in [5, 5.41) is 3.03. The van der Waals surface area contributed by atoms with E-state index in [1.807, 2.05) is 51.5 Å². The van der Waals surface area contributed by atoms with Gasteiger partial charge in [0.1, 0.15) is 0 Å². The zero-order chi connectivity index (χ0) is 16.1. The summed E-state index contributed by atoms with van der Waals surface area (Å²) in [7, 11) is 3.98. The summed E-state index contributed by atoms with van der Waals surface area (Å²) in [6.45, 7) is 2.44. The summed E-state index contributed by atoms with van der Waals surface area (Å²) in [4.78, 5) is 19.5. The highest BCUT2D eigenvalue weighted by Crippen LogP contribution is 2.28. The van der Waals surface area contributed by atoms with Crippen LogP contribution in [0.1, 0.15) is 29.3 Å². The Morgan fingerprint density at radius 2 is 2.18 bits per heavy atom. The van der Waals surface area contributed by atoms with E-state index in [2.05, 4.69) is 15.2 Å². The van der Waals surface area contributed by atoms with Crippen LogP contribution in [0.2, 0.25) is 4.34 Å². The SMILES string of the molecule is C[C@@H](C(=O)NC[C@H](c1cccnc1)N(C)C)c1ccc(Cl)s1. The molecule has 0 radical (unpaired) electrons. The number of thiophene rings is 1. The summed E-state index contributed by atoms with van der Waals surface area (Å²) in [5.74, 6) is -0.191. The summed E-state index contributed by atoms with van der Waals surface area (Å²) in [5.41, 5.74) is 1.08. The first-order chi connectivity index (χ1) is 10.5. The van der Waals surface area contributed by atoms with Crippen LogP contribution in [-0.2, 0) is 4.79 Å². The van der Waals surface area contributed by atoms with E-state index in [0.29, 0.717) is 10.9 Å². The predicted molar refractivity (Wildman–Crippen MR) is 91.4 cm³/mol. The molecule has 2 heterocycles. The third kappa shape index (κ3) is 4.29. The van der Waals surface area contributed by atoms with Gasteiger partial charge in [0.15, 0.2) is 0 Å². The van der Waals surface area contributed by atoms with Crippen molar-refractivity contribution in [3.05, 3.63) is 51.4 Å². The molecule has 2 aromatic heterocycles. The number of nitrogens with one attached hydrogen (secondary N) is 1. The van der Waals surface area contributed by atoms with Crippen LogP contribution in [0, 0.1) is 0 Å². The van der Waals surface area contributed by atoms with E-state index in [0.717, 1.165) is 10.4 Å². The number of amides is 1. The van der Waals surface area contributed by atoms with Gasteiger partial charge in [0, 0.05) is 23.8 Å². The van der Waals surface area contributed by atoms with E-state index in [4.69, 9.17) is 11.6 Å². The van der Waals surface area contributed by atoms with Crippen molar-refractivity contribution < 1.29 is 4.79 Å². The molecule has 2 aromatic rings. The molecule has 22 heavy (non-hydrogen) atoms. The molecule has 0 fully saturated rings. The maximum absolute atomic E-state index is 12.3. The number of pyridine rings is 1. The second-order valence-corrected chi connectivity index (χ2v) is 7.12. The topological polar surface area (TPSA) is 45.2 Å². The van der Waals surface area contributed by atoms with Gasteiger partial charge in [-0.3, -0.25) is 9.78 Å². The van der Waals surface area contributed by atoms with E-state index in [1.54, 1.807) is 6.20 Å². The van der Waals surface area contributed by atoms with Crippen molar-refractivity contribution in [3.63, 3.8) is 0 Å². The van der Waals surface area contributed by atoms with Crippen LogP contribution in [-0.4, -0.2) is 36.4 Å². The molecule has 0 unspecified atom stereocenters. The molecule has 0 aromatic carbocycles. The first-order valence-electron chi connectivity index (χ1n) is 7.08. The van der Waals surface area contributed by atoms with Crippen molar-refractivity contribution >= 4 is 28.8 Å².